The quantitative estimate of drug-likeness (QED) is 0.403. The van der Waals surface area contributed by atoms with Crippen molar-refractivity contribution in [2.75, 3.05) is 6.54 Å². The molecule has 0 saturated heterocycles. The van der Waals surface area contributed by atoms with Gasteiger partial charge in [-0.15, -0.1) is 0 Å². The molecule has 0 aromatic carbocycles. The summed E-state index contributed by atoms with van der Waals surface area (Å²) < 4.78 is 0. The molecule has 6 heavy (non-hydrogen) atoms. The molecule has 0 aliphatic carbocycles. The molecule has 0 atom stereocenters. The smallest absolute Gasteiger partial charge is 0.0106 e. The van der Waals surface area contributed by atoms with Crippen LogP contribution in [-0.4, -0.2) is 6.54 Å². The van der Waals surface area contributed by atoms with Crippen LogP contribution in [0.5, 0.6) is 0 Å². The first kappa shape index (κ1) is 9.52. The van der Waals surface area contributed by atoms with Crippen molar-refractivity contribution >= 4 is 0 Å². The molecular formula is C4H9FeN. The van der Waals surface area contributed by atoms with Gasteiger partial charge < -0.3 is 5.73 Å². The average Bonchev–Trinajstić information content (AvgIpc) is 1.41. The molecule has 0 saturated carbocycles. The minimum atomic E-state index is 0. The Labute approximate surface area is 49.1 Å². The zero-order valence-corrected chi connectivity index (χ0v) is 4.90. The molecule has 0 rings (SSSR count). The molecule has 1 nitrogen and oxygen atoms in total. The summed E-state index contributed by atoms with van der Waals surface area (Å²) >= 11 is 0. The van der Waals surface area contributed by atoms with E-state index >= 15 is 0 Å². The van der Waals surface area contributed by atoms with Gasteiger partial charge in [-0.05, 0) is 6.92 Å². The molecule has 0 amide bonds. The van der Waals surface area contributed by atoms with E-state index in [0.717, 1.165) is 0 Å². The van der Waals surface area contributed by atoms with Crippen molar-refractivity contribution in [1.82, 2.24) is 0 Å². The van der Waals surface area contributed by atoms with Crippen molar-refractivity contribution < 1.29 is 17.1 Å². The van der Waals surface area contributed by atoms with Crippen LogP contribution in [0, 0.1) is 0 Å². The maximum Gasteiger partial charge on any atom is 0.0106 e. The van der Waals surface area contributed by atoms with Crippen molar-refractivity contribution in [2.45, 2.75) is 6.92 Å². The van der Waals surface area contributed by atoms with Crippen LogP contribution in [0.3, 0.4) is 0 Å². The number of hydrogen-bond donors (Lipinski definition) is 1. The maximum absolute atomic E-state index is 5.05. The maximum atomic E-state index is 5.05. The van der Waals surface area contributed by atoms with Gasteiger partial charge in [0.15, 0.2) is 0 Å². The Kier molecular flexibility index (Phi) is 14.2. The molecule has 0 aliphatic rings. The van der Waals surface area contributed by atoms with Crippen molar-refractivity contribution in [3.8, 4) is 0 Å². The van der Waals surface area contributed by atoms with Gasteiger partial charge in [-0.3, -0.25) is 0 Å². The van der Waals surface area contributed by atoms with E-state index in [9.17, 15) is 0 Å². The molecule has 0 aromatic heterocycles. The Morgan fingerprint density at radius 1 is 1.67 bits per heavy atom. The Hall–Kier alpha value is 0.219. The summed E-state index contributed by atoms with van der Waals surface area (Å²) in [5, 5.41) is 0. The van der Waals surface area contributed by atoms with E-state index in [2.05, 4.69) is 0 Å². The first-order valence-corrected chi connectivity index (χ1v) is 1.73. The molecule has 0 radical (unpaired) electrons. The van der Waals surface area contributed by atoms with Crippen LogP contribution in [-0.2, 0) is 17.1 Å². The second kappa shape index (κ2) is 8.97. The molecule has 0 spiro atoms. The Morgan fingerprint density at radius 2 is 2.17 bits per heavy atom. The van der Waals surface area contributed by atoms with E-state index in [1.807, 2.05) is 19.1 Å². The molecule has 38 valence electrons. The van der Waals surface area contributed by atoms with Crippen LogP contribution < -0.4 is 5.73 Å². The second-order valence-corrected chi connectivity index (χ2v) is 0.805. The van der Waals surface area contributed by atoms with E-state index in [-0.39, 0.29) is 17.1 Å². The van der Waals surface area contributed by atoms with Gasteiger partial charge in [-0.25, -0.2) is 0 Å². The van der Waals surface area contributed by atoms with E-state index in [1.165, 1.54) is 0 Å². The predicted octanol–water partition coefficient (Wildman–Crippen LogP) is 0.519. The fraction of sp³-hybridized carbons (Fsp3) is 0.500. The molecule has 0 bridgehead atoms. The zero-order chi connectivity index (χ0) is 4.12. The monoisotopic (exact) mass is 127 g/mol. The minimum absolute atomic E-state index is 0. The Bertz CT molecular complexity index is 34.5. The molecule has 0 unspecified atom stereocenters. The van der Waals surface area contributed by atoms with Crippen LogP contribution in [0.25, 0.3) is 0 Å². The van der Waals surface area contributed by atoms with Crippen molar-refractivity contribution in [3.05, 3.63) is 12.2 Å². The van der Waals surface area contributed by atoms with Crippen molar-refractivity contribution in [3.63, 3.8) is 0 Å². The molecule has 0 aromatic rings. The van der Waals surface area contributed by atoms with Crippen molar-refractivity contribution in [1.29, 1.82) is 0 Å². The SMILES string of the molecule is CC=CCN.[Fe]. The molecule has 0 aliphatic heterocycles. The minimum Gasteiger partial charge on any atom is -0.327 e. The van der Waals surface area contributed by atoms with Gasteiger partial charge in [0.05, 0.1) is 0 Å². The summed E-state index contributed by atoms with van der Waals surface area (Å²) in [5.41, 5.74) is 5.05. The molecule has 2 heteroatoms. The van der Waals surface area contributed by atoms with E-state index < -0.39 is 0 Å². The summed E-state index contributed by atoms with van der Waals surface area (Å²) in [6.45, 7) is 2.61. The third-order valence-electron chi connectivity index (χ3n) is 0.372. The summed E-state index contributed by atoms with van der Waals surface area (Å²) in [4.78, 5) is 0. The van der Waals surface area contributed by atoms with E-state index in [4.69, 9.17) is 5.73 Å². The van der Waals surface area contributed by atoms with Gasteiger partial charge in [0.2, 0.25) is 0 Å². The largest absolute Gasteiger partial charge is 0.327 e. The molecule has 2 N–H and O–H groups in total. The van der Waals surface area contributed by atoms with Crippen LogP contribution >= 0.6 is 0 Å². The molecule has 0 heterocycles. The number of hydrogen-bond acceptors (Lipinski definition) is 1. The summed E-state index contributed by atoms with van der Waals surface area (Å²) in [5.74, 6) is 0. The number of nitrogens with two attached hydrogens (primary N) is 1. The fourth-order valence-corrected chi connectivity index (χ4v) is 0.136. The van der Waals surface area contributed by atoms with Gasteiger partial charge in [0, 0.05) is 23.6 Å². The molecule has 0 fully saturated rings. The third kappa shape index (κ3) is 8.88. The number of allylic oxidation sites excluding steroid dienone is 1. The fourth-order valence-electron chi connectivity index (χ4n) is 0.136. The van der Waals surface area contributed by atoms with E-state index in [1.54, 1.807) is 0 Å². The Morgan fingerprint density at radius 3 is 2.17 bits per heavy atom. The van der Waals surface area contributed by atoms with E-state index in [0.29, 0.717) is 6.54 Å². The van der Waals surface area contributed by atoms with Crippen LogP contribution in [0.15, 0.2) is 12.2 Å². The normalized spacial score (nSPS) is 8.33. The summed E-state index contributed by atoms with van der Waals surface area (Å²) in [6, 6.07) is 0. The summed E-state index contributed by atoms with van der Waals surface area (Å²) in [7, 11) is 0. The van der Waals surface area contributed by atoms with Crippen LogP contribution in [0.1, 0.15) is 6.92 Å². The topological polar surface area (TPSA) is 26.0 Å². The van der Waals surface area contributed by atoms with Gasteiger partial charge in [0.25, 0.3) is 0 Å². The average molecular weight is 127 g/mol. The standard InChI is InChI=1S/C4H9N.Fe/c1-2-3-4-5;/h2-3H,4-5H2,1H3;. The third-order valence-corrected chi connectivity index (χ3v) is 0.372. The van der Waals surface area contributed by atoms with Gasteiger partial charge >= 0.3 is 0 Å². The van der Waals surface area contributed by atoms with Crippen LogP contribution in [0.2, 0.25) is 0 Å². The predicted molar refractivity (Wildman–Crippen MR) is 23.9 cm³/mol. The summed E-state index contributed by atoms with van der Waals surface area (Å²) in [6.07, 6.45) is 3.83. The second-order valence-electron chi connectivity index (χ2n) is 0.805. The Balaban J connectivity index is 0. The zero-order valence-electron chi connectivity index (χ0n) is 3.79. The first-order chi connectivity index (χ1) is 2.41. The van der Waals surface area contributed by atoms with Gasteiger partial charge in [0.1, 0.15) is 0 Å². The van der Waals surface area contributed by atoms with Gasteiger partial charge in [-0.2, -0.15) is 0 Å². The number of rotatable bonds is 1. The molecular weight excluding hydrogens is 118 g/mol. The van der Waals surface area contributed by atoms with Gasteiger partial charge in [-0.1, -0.05) is 12.2 Å². The van der Waals surface area contributed by atoms with Crippen LogP contribution in [0.4, 0.5) is 0 Å². The van der Waals surface area contributed by atoms with Crippen molar-refractivity contribution in [2.24, 2.45) is 5.73 Å². The first-order valence-electron chi connectivity index (χ1n) is 1.73.